The van der Waals surface area contributed by atoms with Crippen LogP contribution in [0.15, 0.2) is 6.33 Å². The lowest BCUT2D eigenvalue weighted by molar-refractivity contribution is 0.120. The second kappa shape index (κ2) is 6.13. The summed E-state index contributed by atoms with van der Waals surface area (Å²) < 4.78 is 0. The zero-order valence-electron chi connectivity index (χ0n) is 13.7. The van der Waals surface area contributed by atoms with Gasteiger partial charge in [-0.3, -0.25) is 9.80 Å². The van der Waals surface area contributed by atoms with Gasteiger partial charge in [-0.05, 0) is 25.8 Å². The molecule has 0 atom stereocenters. The van der Waals surface area contributed by atoms with Crippen molar-refractivity contribution in [3.63, 3.8) is 0 Å². The van der Waals surface area contributed by atoms with E-state index in [0.29, 0.717) is 0 Å². The van der Waals surface area contributed by atoms with Crippen LogP contribution in [-0.4, -0.2) is 65.1 Å². The third kappa shape index (κ3) is 2.61. The number of aromatic nitrogens is 2. The number of nitrogens with zero attached hydrogens (tertiary/aromatic N) is 5. The smallest absolute Gasteiger partial charge is 0.135 e. The van der Waals surface area contributed by atoms with Crippen LogP contribution in [-0.2, 0) is 13.0 Å². The molecule has 5 heteroatoms. The van der Waals surface area contributed by atoms with Crippen LogP contribution in [0.1, 0.15) is 37.4 Å². The molecule has 3 aliphatic rings. The van der Waals surface area contributed by atoms with Gasteiger partial charge in [0.2, 0.25) is 0 Å². The summed E-state index contributed by atoms with van der Waals surface area (Å²) in [6, 6.07) is 0.875. The summed E-state index contributed by atoms with van der Waals surface area (Å²) in [4.78, 5) is 16.8. The first-order valence-corrected chi connectivity index (χ1v) is 8.89. The maximum atomic E-state index is 4.65. The van der Waals surface area contributed by atoms with E-state index in [2.05, 4.69) is 31.6 Å². The highest BCUT2D eigenvalue weighted by Crippen LogP contribution is 2.29. The maximum absolute atomic E-state index is 4.65. The van der Waals surface area contributed by atoms with Crippen molar-refractivity contribution in [1.82, 2.24) is 19.8 Å². The van der Waals surface area contributed by atoms with Gasteiger partial charge in [0.05, 0.1) is 5.69 Å². The van der Waals surface area contributed by atoms with Crippen molar-refractivity contribution in [2.24, 2.45) is 0 Å². The molecule has 1 aromatic rings. The summed E-state index contributed by atoms with van der Waals surface area (Å²) >= 11 is 0. The molecule has 1 aromatic heterocycles. The Kier molecular flexibility index (Phi) is 4.01. The van der Waals surface area contributed by atoms with Crippen LogP contribution in [0.25, 0.3) is 0 Å². The molecule has 22 heavy (non-hydrogen) atoms. The van der Waals surface area contributed by atoms with E-state index < -0.39 is 0 Å². The Morgan fingerprint density at radius 3 is 2.59 bits per heavy atom. The number of fused-ring (bicyclic) bond motifs is 1. The summed E-state index contributed by atoms with van der Waals surface area (Å²) in [6.45, 7) is 10.1. The molecule has 1 saturated heterocycles. The van der Waals surface area contributed by atoms with Crippen LogP contribution in [0.5, 0.6) is 0 Å². The molecule has 4 rings (SSSR count). The highest BCUT2D eigenvalue weighted by atomic mass is 15.3. The largest absolute Gasteiger partial charge is 0.354 e. The lowest BCUT2D eigenvalue weighted by Crippen LogP contribution is -2.52. The Morgan fingerprint density at radius 1 is 1.09 bits per heavy atom. The van der Waals surface area contributed by atoms with Gasteiger partial charge >= 0.3 is 0 Å². The topological polar surface area (TPSA) is 35.5 Å². The monoisotopic (exact) mass is 301 g/mol. The second-order valence-corrected chi connectivity index (χ2v) is 6.85. The van der Waals surface area contributed by atoms with Crippen molar-refractivity contribution in [3.05, 3.63) is 17.6 Å². The zero-order valence-corrected chi connectivity index (χ0v) is 13.7. The Labute approximate surface area is 133 Å². The normalized spacial score (nSPS) is 24.1. The summed E-state index contributed by atoms with van der Waals surface area (Å²) in [5.74, 6) is 1.22. The highest BCUT2D eigenvalue weighted by Gasteiger charge is 2.30. The van der Waals surface area contributed by atoms with E-state index in [0.717, 1.165) is 45.2 Å². The number of hydrogen-bond acceptors (Lipinski definition) is 5. The van der Waals surface area contributed by atoms with Crippen molar-refractivity contribution >= 4 is 5.82 Å². The summed E-state index contributed by atoms with van der Waals surface area (Å²) in [5, 5.41) is 0. The molecule has 0 bridgehead atoms. The minimum absolute atomic E-state index is 0.875. The van der Waals surface area contributed by atoms with Gasteiger partial charge in [0.25, 0.3) is 0 Å². The second-order valence-electron chi connectivity index (χ2n) is 6.85. The van der Waals surface area contributed by atoms with Crippen molar-refractivity contribution in [2.45, 2.75) is 45.2 Å². The average Bonchev–Trinajstić information content (AvgIpc) is 2.53. The third-order valence-electron chi connectivity index (χ3n) is 5.72. The van der Waals surface area contributed by atoms with Gasteiger partial charge in [-0.1, -0.05) is 13.3 Å². The molecule has 2 aliphatic heterocycles. The molecule has 0 amide bonds. The van der Waals surface area contributed by atoms with Gasteiger partial charge < -0.3 is 4.90 Å². The maximum Gasteiger partial charge on any atom is 0.135 e. The Bertz CT molecular complexity index is 520. The molecule has 0 spiro atoms. The number of piperazine rings is 1. The van der Waals surface area contributed by atoms with Gasteiger partial charge in [-0.25, -0.2) is 9.97 Å². The minimum Gasteiger partial charge on any atom is -0.354 e. The molecular formula is C17H27N5. The van der Waals surface area contributed by atoms with Crippen LogP contribution in [0, 0.1) is 0 Å². The van der Waals surface area contributed by atoms with Crippen LogP contribution in [0.2, 0.25) is 0 Å². The molecule has 0 radical (unpaired) electrons. The lowest BCUT2D eigenvalue weighted by atomic mass is 9.91. The number of hydrogen-bond donors (Lipinski definition) is 0. The molecule has 0 aromatic carbocycles. The molecule has 0 N–H and O–H groups in total. The fourth-order valence-corrected chi connectivity index (χ4v) is 3.98. The molecule has 5 nitrogen and oxygen atoms in total. The van der Waals surface area contributed by atoms with Gasteiger partial charge in [0.15, 0.2) is 0 Å². The standard InChI is InChI=1S/C17H27N5/c1-2-20-7-6-15-16(12-20)18-13-19-17(15)22-10-8-21(9-11-22)14-4-3-5-14/h13-14H,2-12H2,1H3. The number of anilines is 1. The van der Waals surface area contributed by atoms with E-state index in [1.807, 2.05) is 0 Å². The molecule has 3 heterocycles. The van der Waals surface area contributed by atoms with Gasteiger partial charge in [0, 0.05) is 50.9 Å². The van der Waals surface area contributed by atoms with E-state index in [1.54, 1.807) is 6.33 Å². The number of likely N-dealkylation sites (N-methyl/N-ethyl adjacent to an activating group) is 1. The lowest BCUT2D eigenvalue weighted by Gasteiger charge is -2.43. The van der Waals surface area contributed by atoms with Crippen molar-refractivity contribution in [1.29, 1.82) is 0 Å². The Balaban J connectivity index is 1.47. The quantitative estimate of drug-likeness (QED) is 0.846. The Morgan fingerprint density at radius 2 is 1.91 bits per heavy atom. The SMILES string of the molecule is CCN1CCc2c(ncnc2N2CCN(C3CCC3)CC2)C1. The zero-order chi connectivity index (χ0) is 14.9. The summed E-state index contributed by atoms with van der Waals surface area (Å²) in [5.41, 5.74) is 2.66. The van der Waals surface area contributed by atoms with Crippen LogP contribution in [0.4, 0.5) is 5.82 Å². The predicted octanol–water partition coefficient (Wildman–Crippen LogP) is 1.53. The third-order valence-corrected chi connectivity index (χ3v) is 5.72. The van der Waals surface area contributed by atoms with E-state index >= 15 is 0 Å². The van der Waals surface area contributed by atoms with Crippen LogP contribution >= 0.6 is 0 Å². The predicted molar refractivity (Wildman–Crippen MR) is 88.1 cm³/mol. The summed E-state index contributed by atoms with van der Waals surface area (Å²) in [6.07, 6.45) is 7.12. The van der Waals surface area contributed by atoms with Crippen LogP contribution < -0.4 is 4.90 Å². The van der Waals surface area contributed by atoms with E-state index in [9.17, 15) is 0 Å². The molecule has 1 saturated carbocycles. The van der Waals surface area contributed by atoms with Gasteiger partial charge in [0.1, 0.15) is 12.1 Å². The first-order valence-electron chi connectivity index (χ1n) is 8.89. The van der Waals surface area contributed by atoms with E-state index in [-0.39, 0.29) is 0 Å². The highest BCUT2D eigenvalue weighted by molar-refractivity contribution is 5.50. The molecule has 120 valence electrons. The average molecular weight is 301 g/mol. The molecule has 0 unspecified atom stereocenters. The van der Waals surface area contributed by atoms with Crippen LogP contribution in [0.3, 0.4) is 0 Å². The molecular weight excluding hydrogens is 274 g/mol. The molecule has 2 fully saturated rings. The van der Waals surface area contributed by atoms with Gasteiger partial charge in [-0.15, -0.1) is 0 Å². The first-order chi connectivity index (χ1) is 10.8. The first kappa shape index (κ1) is 14.4. The van der Waals surface area contributed by atoms with Gasteiger partial charge in [-0.2, -0.15) is 0 Å². The minimum atomic E-state index is 0.875. The summed E-state index contributed by atoms with van der Waals surface area (Å²) in [7, 11) is 0. The van der Waals surface area contributed by atoms with Crippen molar-refractivity contribution in [2.75, 3.05) is 44.2 Å². The van der Waals surface area contributed by atoms with Crippen molar-refractivity contribution in [3.8, 4) is 0 Å². The molecule has 1 aliphatic carbocycles. The van der Waals surface area contributed by atoms with E-state index in [4.69, 9.17) is 0 Å². The number of rotatable bonds is 3. The fourth-order valence-electron chi connectivity index (χ4n) is 3.98. The Hall–Kier alpha value is -1.20. The van der Waals surface area contributed by atoms with E-state index in [1.165, 1.54) is 49.4 Å². The van der Waals surface area contributed by atoms with Crippen molar-refractivity contribution < 1.29 is 0 Å². The fraction of sp³-hybridized carbons (Fsp3) is 0.765.